The van der Waals surface area contributed by atoms with Gasteiger partial charge in [0.1, 0.15) is 11.6 Å². The van der Waals surface area contributed by atoms with Crippen LogP contribution in [0.4, 0.5) is 10.7 Å². The molecule has 3 heterocycles. The van der Waals surface area contributed by atoms with Crippen molar-refractivity contribution >= 4 is 30.5 Å². The Balaban J connectivity index is 1.50. The highest BCUT2D eigenvalue weighted by atomic mass is 16.7. The minimum Gasteiger partial charge on any atom is -0.444 e. The van der Waals surface area contributed by atoms with Crippen molar-refractivity contribution in [1.82, 2.24) is 20.2 Å². The van der Waals surface area contributed by atoms with Gasteiger partial charge in [-0.15, -0.1) is 0 Å². The molecule has 2 atom stereocenters. The predicted molar refractivity (Wildman–Crippen MR) is 139 cm³/mol. The van der Waals surface area contributed by atoms with Gasteiger partial charge in [-0.05, 0) is 66.7 Å². The summed E-state index contributed by atoms with van der Waals surface area (Å²) in [5.41, 5.74) is -0.688. The molecule has 0 aliphatic carbocycles. The summed E-state index contributed by atoms with van der Waals surface area (Å²) in [5, 5.41) is 6.03. The molecule has 36 heavy (non-hydrogen) atoms. The molecule has 200 valence electrons. The summed E-state index contributed by atoms with van der Waals surface area (Å²) in [4.78, 5) is 36.1. The van der Waals surface area contributed by atoms with Crippen LogP contribution in [0.25, 0.3) is 0 Å². The molecule has 10 nitrogen and oxygen atoms in total. The van der Waals surface area contributed by atoms with Crippen molar-refractivity contribution in [2.75, 3.05) is 25.0 Å². The molecule has 0 bridgehead atoms. The molecule has 2 aliphatic rings. The van der Waals surface area contributed by atoms with Crippen molar-refractivity contribution in [3.8, 4) is 0 Å². The molecule has 0 radical (unpaired) electrons. The quantitative estimate of drug-likeness (QED) is 0.546. The fraction of sp³-hybridized carbons (Fsp3) is 0.760. The largest absolute Gasteiger partial charge is 0.498 e. The molecule has 2 saturated heterocycles. The lowest BCUT2D eigenvalue weighted by Gasteiger charge is -2.32. The van der Waals surface area contributed by atoms with Crippen LogP contribution in [0, 0.1) is 11.8 Å². The maximum Gasteiger partial charge on any atom is 0.498 e. The number of ether oxygens (including phenoxy) is 1. The third-order valence-electron chi connectivity index (χ3n) is 6.95. The van der Waals surface area contributed by atoms with Gasteiger partial charge in [0.05, 0.1) is 11.2 Å². The van der Waals surface area contributed by atoms with Gasteiger partial charge >= 0.3 is 13.2 Å². The van der Waals surface area contributed by atoms with E-state index in [1.54, 1.807) is 33.2 Å². The number of nitrogens with zero attached hydrogens (tertiary/aromatic N) is 3. The van der Waals surface area contributed by atoms with E-state index in [2.05, 4.69) is 20.6 Å². The third kappa shape index (κ3) is 6.88. The van der Waals surface area contributed by atoms with Gasteiger partial charge in [-0.25, -0.2) is 14.8 Å². The molecule has 0 saturated carbocycles. The number of anilines is 1. The molecule has 2 fully saturated rings. The first kappa shape index (κ1) is 28.2. The van der Waals surface area contributed by atoms with Crippen molar-refractivity contribution < 1.29 is 23.6 Å². The predicted octanol–water partition coefficient (Wildman–Crippen LogP) is 2.59. The molecular formula is C25H42BN5O5. The van der Waals surface area contributed by atoms with Crippen LogP contribution in [0.3, 0.4) is 0 Å². The van der Waals surface area contributed by atoms with E-state index in [0.29, 0.717) is 25.6 Å². The first-order chi connectivity index (χ1) is 16.6. The zero-order valence-electron chi connectivity index (χ0n) is 23.2. The Labute approximate surface area is 215 Å². The van der Waals surface area contributed by atoms with Gasteiger partial charge in [-0.3, -0.25) is 4.79 Å². The molecule has 0 aromatic carbocycles. The van der Waals surface area contributed by atoms with Crippen molar-refractivity contribution in [2.24, 2.45) is 11.8 Å². The Morgan fingerprint density at radius 3 is 2.28 bits per heavy atom. The van der Waals surface area contributed by atoms with E-state index in [4.69, 9.17) is 14.0 Å². The average molecular weight is 503 g/mol. The molecule has 2 amide bonds. The van der Waals surface area contributed by atoms with Crippen molar-refractivity contribution in [2.45, 2.75) is 91.6 Å². The average Bonchev–Trinajstić information content (AvgIpc) is 3.30. The number of alkyl carbamates (subject to hydrolysis) is 1. The smallest absolute Gasteiger partial charge is 0.444 e. The monoisotopic (exact) mass is 503 g/mol. The number of carbonyl (C=O) groups is 2. The molecule has 11 heteroatoms. The molecular weight excluding hydrogens is 461 g/mol. The van der Waals surface area contributed by atoms with Gasteiger partial charge in [0.15, 0.2) is 0 Å². The maximum atomic E-state index is 13.1. The van der Waals surface area contributed by atoms with E-state index in [1.165, 1.54) is 0 Å². The fourth-order valence-electron chi connectivity index (χ4n) is 4.11. The van der Waals surface area contributed by atoms with E-state index < -0.39 is 36.1 Å². The first-order valence-corrected chi connectivity index (χ1v) is 12.8. The second kappa shape index (κ2) is 10.5. The van der Waals surface area contributed by atoms with E-state index >= 15 is 0 Å². The third-order valence-corrected chi connectivity index (χ3v) is 6.95. The zero-order chi connectivity index (χ0) is 26.9. The zero-order valence-corrected chi connectivity index (χ0v) is 23.2. The van der Waals surface area contributed by atoms with Gasteiger partial charge < -0.3 is 29.6 Å². The van der Waals surface area contributed by atoms with Crippen LogP contribution in [-0.2, 0) is 18.8 Å². The Hall–Kier alpha value is -2.40. The van der Waals surface area contributed by atoms with Crippen LogP contribution in [0.15, 0.2) is 12.4 Å². The topological polar surface area (TPSA) is 115 Å². The van der Waals surface area contributed by atoms with Gasteiger partial charge in [-0.1, -0.05) is 13.8 Å². The summed E-state index contributed by atoms with van der Waals surface area (Å²) in [7, 11) is -0.498. The number of amides is 2. The summed E-state index contributed by atoms with van der Waals surface area (Å²) in [6.07, 6.45) is 3.73. The minimum absolute atomic E-state index is 0.0573. The standard InChI is InChI=1S/C25H42BN5O5/c1-16(2)19(30-22(33)34-23(3,4)5)20(32)31-11-10-17(15-31)12-27-21-28-13-18(14-29-21)26-35-24(6,7)25(8,9)36-26/h13-14,16-17,19H,10-12,15H2,1-9H3,(H,30,33)(H,27,28,29)/t17-,19-/m1/s1. The molecule has 3 rings (SSSR count). The minimum atomic E-state index is -0.627. The molecule has 2 aliphatic heterocycles. The SMILES string of the molecule is CC(C)[C@@H](NC(=O)OC(C)(C)C)C(=O)N1CC[C@H](CNc2ncc(B3OC(C)(C)C(C)(C)O3)cn2)C1. The number of likely N-dealkylation sites (tertiary alicyclic amines) is 1. The van der Waals surface area contributed by atoms with Gasteiger partial charge in [-0.2, -0.15) is 0 Å². The van der Waals surface area contributed by atoms with E-state index in [-0.39, 0.29) is 17.7 Å². The number of rotatable bonds is 7. The fourth-order valence-corrected chi connectivity index (χ4v) is 4.11. The molecule has 0 spiro atoms. The highest BCUT2D eigenvalue weighted by Crippen LogP contribution is 2.36. The number of hydrogen-bond acceptors (Lipinski definition) is 8. The van der Waals surface area contributed by atoms with E-state index in [9.17, 15) is 9.59 Å². The second-order valence-corrected chi connectivity index (χ2v) is 12.1. The normalized spacial score (nSPS) is 22.0. The Morgan fingerprint density at radius 2 is 1.75 bits per heavy atom. The number of aromatic nitrogens is 2. The van der Waals surface area contributed by atoms with Gasteiger partial charge in [0.2, 0.25) is 11.9 Å². The lowest BCUT2D eigenvalue weighted by Crippen LogP contribution is -2.51. The highest BCUT2D eigenvalue weighted by molar-refractivity contribution is 6.61. The Morgan fingerprint density at radius 1 is 1.17 bits per heavy atom. The number of carbonyl (C=O) groups excluding carboxylic acids is 2. The summed E-state index contributed by atoms with van der Waals surface area (Å²) in [5.74, 6) is 0.640. The highest BCUT2D eigenvalue weighted by Gasteiger charge is 2.52. The molecule has 0 unspecified atom stereocenters. The Bertz CT molecular complexity index is 916. The summed E-state index contributed by atoms with van der Waals surface area (Å²) >= 11 is 0. The van der Waals surface area contributed by atoms with Crippen LogP contribution in [0.5, 0.6) is 0 Å². The Kier molecular flexibility index (Phi) is 8.25. The second-order valence-electron chi connectivity index (χ2n) is 12.1. The van der Waals surface area contributed by atoms with Gasteiger partial charge in [0, 0.05) is 37.5 Å². The first-order valence-electron chi connectivity index (χ1n) is 12.8. The summed E-state index contributed by atoms with van der Waals surface area (Å²) in [6, 6.07) is -0.627. The maximum absolute atomic E-state index is 13.1. The van der Waals surface area contributed by atoms with Crippen molar-refractivity contribution in [3.63, 3.8) is 0 Å². The van der Waals surface area contributed by atoms with Crippen LogP contribution in [-0.4, -0.2) is 76.5 Å². The molecule has 1 aromatic rings. The lowest BCUT2D eigenvalue weighted by atomic mass is 9.81. The number of hydrogen-bond donors (Lipinski definition) is 2. The molecule has 2 N–H and O–H groups in total. The van der Waals surface area contributed by atoms with Crippen LogP contribution in [0.2, 0.25) is 0 Å². The van der Waals surface area contributed by atoms with Crippen LogP contribution in [0.1, 0.15) is 68.7 Å². The summed E-state index contributed by atoms with van der Waals surface area (Å²) in [6.45, 7) is 19.2. The van der Waals surface area contributed by atoms with Crippen molar-refractivity contribution in [3.05, 3.63) is 12.4 Å². The summed E-state index contributed by atoms with van der Waals surface area (Å²) < 4.78 is 17.5. The van der Waals surface area contributed by atoms with Crippen molar-refractivity contribution in [1.29, 1.82) is 0 Å². The van der Waals surface area contributed by atoms with Crippen LogP contribution < -0.4 is 16.1 Å². The van der Waals surface area contributed by atoms with Gasteiger partial charge in [0.25, 0.3) is 0 Å². The molecule has 1 aromatic heterocycles. The lowest BCUT2D eigenvalue weighted by molar-refractivity contribution is -0.133. The van der Waals surface area contributed by atoms with Crippen LogP contribution >= 0.6 is 0 Å². The number of nitrogens with one attached hydrogen (secondary N) is 2. The van der Waals surface area contributed by atoms with E-state index in [1.807, 2.05) is 46.4 Å². The van der Waals surface area contributed by atoms with E-state index in [0.717, 1.165) is 11.9 Å².